The van der Waals surface area contributed by atoms with Crippen molar-refractivity contribution in [3.8, 4) is 11.8 Å². The van der Waals surface area contributed by atoms with Crippen LogP contribution < -0.4 is 10.2 Å². The third-order valence-electron chi connectivity index (χ3n) is 4.52. The fourth-order valence-electron chi connectivity index (χ4n) is 3.15. The van der Waals surface area contributed by atoms with Gasteiger partial charge in [-0.1, -0.05) is 11.8 Å². The lowest BCUT2D eigenvalue weighted by Crippen LogP contribution is -2.41. The number of nitrogens with zero attached hydrogens (tertiary/aromatic N) is 2. The zero-order valence-electron chi connectivity index (χ0n) is 14.5. The van der Waals surface area contributed by atoms with Crippen LogP contribution in [0.3, 0.4) is 0 Å². The average Bonchev–Trinajstić information content (AvgIpc) is 3.05. The minimum Gasteiger partial charge on any atom is -0.447 e. The Labute approximate surface area is 148 Å². The molecular formula is C19H23N3O3. The standard InChI is InChI=1S/C19H23N3O3/c1-21-11-3-5-16(14-21)18(23)20-10-2-4-15-6-8-17(9-7-15)22-12-13-25-19(22)24/h6-9,16H,3,5,10-14H2,1H3,(H,20,23). The summed E-state index contributed by atoms with van der Waals surface area (Å²) in [7, 11) is 2.05. The van der Waals surface area contributed by atoms with Gasteiger partial charge in [0.2, 0.25) is 5.91 Å². The van der Waals surface area contributed by atoms with Crippen LogP contribution in [0.4, 0.5) is 10.5 Å². The maximum atomic E-state index is 12.1. The summed E-state index contributed by atoms with van der Waals surface area (Å²) in [4.78, 5) is 27.4. The molecule has 1 N–H and O–H groups in total. The second-order valence-electron chi connectivity index (χ2n) is 6.43. The summed E-state index contributed by atoms with van der Waals surface area (Å²) in [6.07, 6.45) is 1.70. The quantitative estimate of drug-likeness (QED) is 0.846. The molecule has 1 atom stereocenters. The predicted molar refractivity (Wildman–Crippen MR) is 95.2 cm³/mol. The normalized spacial score (nSPS) is 20.6. The van der Waals surface area contributed by atoms with Gasteiger partial charge in [0.1, 0.15) is 6.61 Å². The van der Waals surface area contributed by atoms with Gasteiger partial charge in [0.25, 0.3) is 0 Å². The van der Waals surface area contributed by atoms with Crippen LogP contribution in [-0.2, 0) is 9.53 Å². The van der Waals surface area contributed by atoms with E-state index in [4.69, 9.17) is 4.74 Å². The van der Waals surface area contributed by atoms with E-state index >= 15 is 0 Å². The molecule has 6 heteroatoms. The molecule has 0 bridgehead atoms. The van der Waals surface area contributed by atoms with Gasteiger partial charge in [-0.05, 0) is 50.7 Å². The van der Waals surface area contributed by atoms with E-state index in [-0.39, 0.29) is 17.9 Å². The molecule has 2 aliphatic heterocycles. The Balaban J connectivity index is 1.48. The summed E-state index contributed by atoms with van der Waals surface area (Å²) < 4.78 is 4.92. The van der Waals surface area contributed by atoms with E-state index in [1.807, 2.05) is 31.3 Å². The van der Waals surface area contributed by atoms with Crippen LogP contribution in [0.25, 0.3) is 0 Å². The van der Waals surface area contributed by atoms with Crippen LogP contribution in [0.1, 0.15) is 18.4 Å². The second kappa shape index (κ2) is 8.04. The third kappa shape index (κ3) is 4.52. The first kappa shape index (κ1) is 17.3. The third-order valence-corrected chi connectivity index (χ3v) is 4.52. The molecule has 2 fully saturated rings. The highest BCUT2D eigenvalue weighted by Gasteiger charge is 2.24. The maximum Gasteiger partial charge on any atom is 0.414 e. The molecule has 1 unspecified atom stereocenters. The van der Waals surface area contributed by atoms with E-state index in [0.717, 1.165) is 37.2 Å². The lowest BCUT2D eigenvalue weighted by molar-refractivity contribution is -0.126. The number of hydrogen-bond donors (Lipinski definition) is 1. The number of ether oxygens (including phenoxy) is 1. The highest BCUT2D eigenvalue weighted by molar-refractivity contribution is 5.89. The Kier molecular flexibility index (Phi) is 5.56. The molecule has 2 heterocycles. The van der Waals surface area contributed by atoms with Crippen molar-refractivity contribution in [1.82, 2.24) is 10.2 Å². The Morgan fingerprint density at radius 1 is 1.32 bits per heavy atom. The molecule has 0 saturated carbocycles. The number of carbonyl (C=O) groups excluding carboxylic acids is 2. The lowest BCUT2D eigenvalue weighted by Gasteiger charge is -2.28. The molecular weight excluding hydrogens is 318 g/mol. The van der Waals surface area contributed by atoms with Gasteiger partial charge in [-0.25, -0.2) is 4.79 Å². The van der Waals surface area contributed by atoms with E-state index in [9.17, 15) is 9.59 Å². The molecule has 6 nitrogen and oxygen atoms in total. The van der Waals surface area contributed by atoms with Crippen LogP contribution in [0.5, 0.6) is 0 Å². The van der Waals surface area contributed by atoms with Crippen molar-refractivity contribution in [3.05, 3.63) is 29.8 Å². The van der Waals surface area contributed by atoms with Gasteiger partial charge >= 0.3 is 6.09 Å². The van der Waals surface area contributed by atoms with Crippen molar-refractivity contribution in [1.29, 1.82) is 0 Å². The Morgan fingerprint density at radius 2 is 2.12 bits per heavy atom. The maximum absolute atomic E-state index is 12.1. The number of amides is 2. The van der Waals surface area contributed by atoms with Gasteiger partial charge in [-0.3, -0.25) is 9.69 Å². The van der Waals surface area contributed by atoms with Crippen LogP contribution in [0.2, 0.25) is 0 Å². The molecule has 1 aromatic carbocycles. The molecule has 0 spiro atoms. The minimum atomic E-state index is -0.310. The number of piperidine rings is 1. The molecule has 25 heavy (non-hydrogen) atoms. The number of likely N-dealkylation sites (tertiary alicyclic amines) is 1. The fraction of sp³-hybridized carbons (Fsp3) is 0.474. The molecule has 2 saturated heterocycles. The zero-order chi connectivity index (χ0) is 17.6. The highest BCUT2D eigenvalue weighted by atomic mass is 16.6. The van der Waals surface area contributed by atoms with Crippen molar-refractivity contribution in [2.75, 3.05) is 44.7 Å². The SMILES string of the molecule is CN1CCCC(C(=O)NCC#Cc2ccc(N3CCOC3=O)cc2)C1. The number of benzene rings is 1. The van der Waals surface area contributed by atoms with E-state index in [1.165, 1.54) is 0 Å². The van der Waals surface area contributed by atoms with Crippen molar-refractivity contribution in [2.45, 2.75) is 12.8 Å². The van der Waals surface area contributed by atoms with Crippen molar-refractivity contribution < 1.29 is 14.3 Å². The summed E-state index contributed by atoms with van der Waals surface area (Å²) in [6, 6.07) is 7.44. The first-order valence-corrected chi connectivity index (χ1v) is 8.63. The van der Waals surface area contributed by atoms with Gasteiger partial charge in [0.05, 0.1) is 19.0 Å². The van der Waals surface area contributed by atoms with Crippen LogP contribution in [0.15, 0.2) is 24.3 Å². The first-order chi connectivity index (χ1) is 12.1. The van der Waals surface area contributed by atoms with Gasteiger partial charge in [0, 0.05) is 17.8 Å². The molecule has 132 valence electrons. The summed E-state index contributed by atoms with van der Waals surface area (Å²) in [6.45, 7) is 3.23. The molecule has 0 aliphatic carbocycles. The molecule has 0 aromatic heterocycles. The van der Waals surface area contributed by atoms with Gasteiger partial charge in [-0.15, -0.1) is 0 Å². The zero-order valence-corrected chi connectivity index (χ0v) is 14.5. The topological polar surface area (TPSA) is 61.9 Å². The van der Waals surface area contributed by atoms with Crippen LogP contribution in [0, 0.1) is 17.8 Å². The summed E-state index contributed by atoms with van der Waals surface area (Å²) in [5.41, 5.74) is 1.66. The van der Waals surface area contributed by atoms with Gasteiger partial charge < -0.3 is 15.0 Å². The van der Waals surface area contributed by atoms with E-state index < -0.39 is 0 Å². The fourth-order valence-corrected chi connectivity index (χ4v) is 3.15. The second-order valence-corrected chi connectivity index (χ2v) is 6.43. The smallest absolute Gasteiger partial charge is 0.414 e. The van der Waals surface area contributed by atoms with Crippen molar-refractivity contribution in [2.24, 2.45) is 5.92 Å². The van der Waals surface area contributed by atoms with Crippen LogP contribution >= 0.6 is 0 Å². The number of hydrogen-bond acceptors (Lipinski definition) is 4. The summed E-state index contributed by atoms with van der Waals surface area (Å²) in [5, 5.41) is 2.90. The van der Waals surface area contributed by atoms with E-state index in [2.05, 4.69) is 22.1 Å². The molecule has 2 amide bonds. The molecule has 1 aromatic rings. The molecule has 0 radical (unpaired) electrons. The van der Waals surface area contributed by atoms with Crippen LogP contribution in [-0.4, -0.2) is 56.7 Å². The average molecular weight is 341 g/mol. The van der Waals surface area contributed by atoms with Gasteiger partial charge in [-0.2, -0.15) is 0 Å². The minimum absolute atomic E-state index is 0.0695. The number of carbonyl (C=O) groups is 2. The van der Waals surface area contributed by atoms with Crippen molar-refractivity contribution in [3.63, 3.8) is 0 Å². The lowest BCUT2D eigenvalue weighted by atomic mass is 9.98. The number of anilines is 1. The number of cyclic esters (lactones) is 1. The highest BCUT2D eigenvalue weighted by Crippen LogP contribution is 2.19. The first-order valence-electron chi connectivity index (χ1n) is 8.63. The molecule has 3 rings (SSSR count). The largest absolute Gasteiger partial charge is 0.447 e. The predicted octanol–water partition coefficient (Wildman–Crippen LogP) is 1.45. The number of rotatable bonds is 3. The summed E-state index contributed by atoms with van der Waals surface area (Å²) in [5.74, 6) is 6.17. The Morgan fingerprint density at radius 3 is 2.80 bits per heavy atom. The van der Waals surface area contributed by atoms with E-state index in [0.29, 0.717) is 19.7 Å². The van der Waals surface area contributed by atoms with E-state index in [1.54, 1.807) is 4.90 Å². The van der Waals surface area contributed by atoms with Crippen molar-refractivity contribution >= 4 is 17.7 Å². The molecule has 2 aliphatic rings. The number of nitrogens with one attached hydrogen (secondary N) is 1. The Bertz CT molecular complexity index is 690. The van der Waals surface area contributed by atoms with Gasteiger partial charge in [0.15, 0.2) is 0 Å². The summed E-state index contributed by atoms with van der Waals surface area (Å²) >= 11 is 0. The Hall–Kier alpha value is -2.52. The monoisotopic (exact) mass is 341 g/mol.